The second-order valence-corrected chi connectivity index (χ2v) is 8.39. The van der Waals surface area contributed by atoms with E-state index in [1.807, 2.05) is 6.92 Å². The quantitative estimate of drug-likeness (QED) is 0.736. The maximum absolute atomic E-state index is 12.7. The van der Waals surface area contributed by atoms with Crippen molar-refractivity contribution >= 4 is 23.7 Å². The fraction of sp³-hybridized carbons (Fsp3) is 0.476. The molecule has 1 aromatic carbocycles. The van der Waals surface area contributed by atoms with Gasteiger partial charge in [-0.25, -0.2) is 4.98 Å². The first kappa shape index (κ1) is 20.0. The summed E-state index contributed by atoms with van der Waals surface area (Å²) < 4.78 is 1.66. The number of likely N-dealkylation sites (tertiary alicyclic amines) is 1. The zero-order chi connectivity index (χ0) is 20.2. The molecule has 0 aliphatic carbocycles. The Morgan fingerprint density at radius 3 is 2.69 bits per heavy atom. The molecule has 29 heavy (non-hydrogen) atoms. The summed E-state index contributed by atoms with van der Waals surface area (Å²) in [5.74, 6) is 1.20. The number of nitrogens with zero attached hydrogens (tertiary/aromatic N) is 4. The van der Waals surface area contributed by atoms with Gasteiger partial charge in [-0.2, -0.15) is 0 Å². The molecule has 0 spiro atoms. The summed E-state index contributed by atoms with van der Waals surface area (Å²) in [5, 5.41) is 6.60. The van der Waals surface area contributed by atoms with Gasteiger partial charge < -0.3 is 10.2 Å². The Balaban J connectivity index is 1.59. The first-order valence-corrected chi connectivity index (χ1v) is 11.4. The van der Waals surface area contributed by atoms with Gasteiger partial charge in [0.15, 0.2) is 5.96 Å². The highest BCUT2D eigenvalue weighted by Gasteiger charge is 2.26. The van der Waals surface area contributed by atoms with Gasteiger partial charge in [-0.1, -0.05) is 18.6 Å². The number of hydrogen-bond acceptors (Lipinski definition) is 5. The standard InChI is InChI=1S/C21H28N6OS/c1-15-14-18(28)27-19(16-6-8-17(29-2)9-7-16)24-20(25-21(27)23-15)22-10-13-26-11-4-3-5-12-26/h6-9,14,19H,3-5,10-13H2,1-2H3,(H2,22,23,24,25). The molecule has 0 saturated carbocycles. The number of anilines is 1. The minimum atomic E-state index is -0.337. The number of hydrogen-bond donors (Lipinski definition) is 2. The van der Waals surface area contributed by atoms with E-state index in [4.69, 9.17) is 4.99 Å². The molecule has 4 rings (SSSR count). The van der Waals surface area contributed by atoms with E-state index >= 15 is 0 Å². The summed E-state index contributed by atoms with van der Waals surface area (Å²) in [4.78, 5) is 25.7. The highest BCUT2D eigenvalue weighted by molar-refractivity contribution is 7.98. The van der Waals surface area contributed by atoms with E-state index in [1.54, 1.807) is 22.4 Å². The van der Waals surface area contributed by atoms with Crippen molar-refractivity contribution in [3.8, 4) is 0 Å². The summed E-state index contributed by atoms with van der Waals surface area (Å²) in [5.41, 5.74) is 1.61. The topological polar surface area (TPSA) is 74.6 Å². The average molecular weight is 413 g/mol. The number of piperidine rings is 1. The van der Waals surface area contributed by atoms with Crippen LogP contribution in [0, 0.1) is 6.92 Å². The van der Waals surface area contributed by atoms with Crippen LogP contribution in [0.15, 0.2) is 45.0 Å². The zero-order valence-corrected chi connectivity index (χ0v) is 17.8. The van der Waals surface area contributed by atoms with E-state index in [9.17, 15) is 4.79 Å². The van der Waals surface area contributed by atoms with Crippen LogP contribution in [0.25, 0.3) is 0 Å². The van der Waals surface area contributed by atoms with Crippen molar-refractivity contribution in [2.24, 2.45) is 4.99 Å². The van der Waals surface area contributed by atoms with E-state index in [0.717, 1.165) is 25.2 Å². The Kier molecular flexibility index (Phi) is 6.20. The fourth-order valence-corrected chi connectivity index (χ4v) is 4.28. The predicted octanol–water partition coefficient (Wildman–Crippen LogP) is 2.68. The lowest BCUT2D eigenvalue weighted by atomic mass is 10.1. The lowest BCUT2D eigenvalue weighted by Gasteiger charge is -2.31. The molecule has 0 bridgehead atoms. The summed E-state index contributed by atoms with van der Waals surface area (Å²) >= 11 is 1.70. The van der Waals surface area contributed by atoms with Crippen LogP contribution in [-0.4, -0.2) is 52.8 Å². The Labute approximate surface area is 175 Å². The molecule has 2 N–H and O–H groups in total. The minimum Gasteiger partial charge on any atom is -0.331 e. The average Bonchev–Trinajstić information content (AvgIpc) is 2.73. The third kappa shape index (κ3) is 4.64. The SMILES string of the molecule is CSc1ccc(C2NC(=NCCN3CCCCC3)Nc3nc(C)cc(=O)n32)cc1. The van der Waals surface area contributed by atoms with E-state index < -0.39 is 0 Å². The third-order valence-corrected chi connectivity index (χ3v) is 6.15. The molecule has 7 nitrogen and oxygen atoms in total. The van der Waals surface area contributed by atoms with E-state index in [1.165, 1.54) is 24.2 Å². The molecule has 3 heterocycles. The van der Waals surface area contributed by atoms with Gasteiger partial charge in [-0.3, -0.25) is 19.7 Å². The molecule has 2 aromatic rings. The molecule has 1 atom stereocenters. The van der Waals surface area contributed by atoms with Crippen molar-refractivity contribution in [1.82, 2.24) is 19.8 Å². The van der Waals surface area contributed by atoms with Crippen LogP contribution in [0.5, 0.6) is 0 Å². The van der Waals surface area contributed by atoms with Crippen LogP contribution >= 0.6 is 11.8 Å². The normalized spacial score (nSPS) is 20.8. The zero-order valence-electron chi connectivity index (χ0n) is 17.0. The largest absolute Gasteiger partial charge is 0.331 e. The lowest BCUT2D eigenvalue weighted by molar-refractivity contribution is 0.235. The van der Waals surface area contributed by atoms with Crippen molar-refractivity contribution in [2.45, 2.75) is 37.2 Å². The Morgan fingerprint density at radius 2 is 1.97 bits per heavy atom. The molecule has 1 saturated heterocycles. The summed E-state index contributed by atoms with van der Waals surface area (Å²) in [6.45, 7) is 5.82. The van der Waals surface area contributed by atoms with Gasteiger partial charge in [0.1, 0.15) is 6.17 Å². The number of thioether (sulfide) groups is 1. The molecule has 1 aromatic heterocycles. The number of rotatable bonds is 5. The Morgan fingerprint density at radius 1 is 1.21 bits per heavy atom. The first-order chi connectivity index (χ1) is 14.1. The van der Waals surface area contributed by atoms with Crippen molar-refractivity contribution in [3.63, 3.8) is 0 Å². The van der Waals surface area contributed by atoms with Crippen molar-refractivity contribution < 1.29 is 0 Å². The smallest absolute Gasteiger partial charge is 0.257 e. The second-order valence-electron chi connectivity index (χ2n) is 7.51. The number of aryl methyl sites for hydroxylation is 1. The van der Waals surface area contributed by atoms with Gasteiger partial charge in [0, 0.05) is 23.2 Å². The highest BCUT2D eigenvalue weighted by atomic mass is 32.2. The van der Waals surface area contributed by atoms with Crippen LogP contribution in [0.3, 0.4) is 0 Å². The van der Waals surface area contributed by atoms with Crippen LogP contribution in [0.1, 0.15) is 36.7 Å². The molecule has 2 aliphatic rings. The number of fused-ring (bicyclic) bond motifs is 1. The fourth-order valence-electron chi connectivity index (χ4n) is 3.87. The minimum absolute atomic E-state index is 0.0844. The van der Waals surface area contributed by atoms with Crippen LogP contribution in [0.2, 0.25) is 0 Å². The summed E-state index contributed by atoms with van der Waals surface area (Å²) in [6.07, 6.45) is 5.61. The number of aromatic nitrogens is 2. The number of guanidine groups is 1. The van der Waals surface area contributed by atoms with Gasteiger partial charge in [-0.15, -0.1) is 11.8 Å². The van der Waals surface area contributed by atoms with Gasteiger partial charge in [-0.05, 0) is 56.8 Å². The molecular formula is C21H28N6OS. The van der Waals surface area contributed by atoms with E-state index in [2.05, 4.69) is 51.0 Å². The van der Waals surface area contributed by atoms with Crippen LogP contribution < -0.4 is 16.2 Å². The molecule has 154 valence electrons. The van der Waals surface area contributed by atoms with Crippen LogP contribution in [-0.2, 0) is 0 Å². The number of benzene rings is 1. The lowest BCUT2D eigenvalue weighted by Crippen LogP contribution is -2.48. The van der Waals surface area contributed by atoms with E-state index in [-0.39, 0.29) is 11.7 Å². The monoisotopic (exact) mass is 412 g/mol. The maximum atomic E-state index is 12.7. The third-order valence-electron chi connectivity index (χ3n) is 5.41. The molecule has 0 amide bonds. The van der Waals surface area contributed by atoms with Crippen molar-refractivity contribution in [3.05, 3.63) is 51.9 Å². The highest BCUT2D eigenvalue weighted by Crippen LogP contribution is 2.24. The Bertz CT molecular complexity index is 933. The number of nitrogens with one attached hydrogen (secondary N) is 2. The molecular weight excluding hydrogens is 384 g/mol. The predicted molar refractivity (Wildman–Crippen MR) is 119 cm³/mol. The molecule has 0 radical (unpaired) electrons. The van der Waals surface area contributed by atoms with Gasteiger partial charge in [0.2, 0.25) is 5.95 Å². The maximum Gasteiger partial charge on any atom is 0.257 e. The van der Waals surface area contributed by atoms with Crippen LogP contribution in [0.4, 0.5) is 5.95 Å². The second kappa shape index (κ2) is 9.00. The molecule has 1 fully saturated rings. The first-order valence-electron chi connectivity index (χ1n) is 10.2. The number of aliphatic imine (C=N–C) groups is 1. The Hall–Kier alpha value is -2.32. The molecule has 2 aliphatic heterocycles. The molecule has 8 heteroatoms. The van der Waals surface area contributed by atoms with Gasteiger partial charge in [0.05, 0.1) is 6.54 Å². The van der Waals surface area contributed by atoms with Gasteiger partial charge >= 0.3 is 0 Å². The molecule has 1 unspecified atom stereocenters. The summed E-state index contributed by atoms with van der Waals surface area (Å²) in [6, 6.07) is 9.81. The van der Waals surface area contributed by atoms with Crippen molar-refractivity contribution in [1.29, 1.82) is 0 Å². The van der Waals surface area contributed by atoms with Gasteiger partial charge in [0.25, 0.3) is 5.56 Å². The van der Waals surface area contributed by atoms with Crippen molar-refractivity contribution in [2.75, 3.05) is 37.8 Å². The van der Waals surface area contributed by atoms with E-state index in [0.29, 0.717) is 24.1 Å². The summed E-state index contributed by atoms with van der Waals surface area (Å²) in [7, 11) is 0.